The monoisotopic (exact) mass is 437 g/mol. The summed E-state index contributed by atoms with van der Waals surface area (Å²) in [6.45, 7) is 1.95. The first-order chi connectivity index (χ1) is 14.4. The fourth-order valence-electron chi connectivity index (χ4n) is 3.28. The summed E-state index contributed by atoms with van der Waals surface area (Å²) in [5.74, 6) is -0.643. The fourth-order valence-corrected chi connectivity index (χ4v) is 3.69. The Labute approximate surface area is 181 Å². The number of fused-ring (bicyclic) bond motifs is 1. The van der Waals surface area contributed by atoms with Gasteiger partial charge in [-0.3, -0.25) is 14.3 Å². The van der Waals surface area contributed by atoms with Crippen LogP contribution < -0.4 is 5.56 Å². The van der Waals surface area contributed by atoms with Gasteiger partial charge in [0, 0.05) is 10.6 Å². The number of aromatic amines is 1. The van der Waals surface area contributed by atoms with Crippen LogP contribution in [0.4, 0.5) is 0 Å². The van der Waals surface area contributed by atoms with Crippen molar-refractivity contribution in [3.05, 3.63) is 85.9 Å². The van der Waals surface area contributed by atoms with Gasteiger partial charge in [-0.25, -0.2) is 9.78 Å². The van der Waals surface area contributed by atoms with E-state index in [0.717, 1.165) is 16.8 Å². The van der Waals surface area contributed by atoms with E-state index < -0.39 is 11.5 Å². The second kappa shape index (κ2) is 7.85. The summed E-state index contributed by atoms with van der Waals surface area (Å²) >= 11 is 11.4. The van der Waals surface area contributed by atoms with Crippen LogP contribution in [-0.2, 0) is 4.74 Å². The van der Waals surface area contributed by atoms with Gasteiger partial charge >= 0.3 is 5.97 Å². The molecule has 2 aromatic heterocycles. The van der Waals surface area contributed by atoms with Crippen LogP contribution in [0.15, 0.2) is 59.4 Å². The predicted molar refractivity (Wildman–Crippen MR) is 119 cm³/mol. The predicted octanol–water partition coefficient (Wildman–Crippen LogP) is 4.86. The maximum absolute atomic E-state index is 12.8. The Bertz CT molecular complexity index is 1410. The highest BCUT2D eigenvalue weighted by atomic mass is 35.5. The fraction of sp³-hybridized carbons (Fsp3) is 0.0909. The summed E-state index contributed by atoms with van der Waals surface area (Å²) in [7, 11) is 1.26. The molecule has 6 nitrogen and oxygen atoms in total. The average Bonchev–Trinajstić information content (AvgIpc) is 2.73. The van der Waals surface area contributed by atoms with E-state index in [-0.39, 0.29) is 21.4 Å². The number of H-pyrrole nitrogens is 1. The van der Waals surface area contributed by atoms with Crippen molar-refractivity contribution in [2.24, 2.45) is 0 Å². The number of methoxy groups -OCH3 is 1. The molecule has 2 aromatic carbocycles. The Morgan fingerprint density at radius 2 is 1.90 bits per heavy atom. The molecule has 0 fully saturated rings. The van der Waals surface area contributed by atoms with Crippen molar-refractivity contribution in [3.8, 4) is 16.9 Å². The lowest BCUT2D eigenvalue weighted by molar-refractivity contribution is 0.0603. The summed E-state index contributed by atoms with van der Waals surface area (Å²) in [6.07, 6.45) is 0. The third-order valence-electron chi connectivity index (χ3n) is 4.67. The normalized spacial score (nSPS) is 10.9. The molecule has 0 amide bonds. The average molecular weight is 438 g/mol. The van der Waals surface area contributed by atoms with Gasteiger partial charge in [-0.1, -0.05) is 35.9 Å². The molecule has 0 bridgehead atoms. The number of halogens is 1. The van der Waals surface area contributed by atoms with Crippen molar-refractivity contribution in [1.82, 2.24) is 14.5 Å². The summed E-state index contributed by atoms with van der Waals surface area (Å²) in [5, 5.41) is 0.682. The molecule has 8 heteroatoms. The number of hydrogen-bond donors (Lipinski definition) is 1. The van der Waals surface area contributed by atoms with E-state index in [2.05, 4.69) is 4.98 Å². The van der Waals surface area contributed by atoms with Crippen LogP contribution in [0.2, 0.25) is 5.02 Å². The number of rotatable bonds is 3. The van der Waals surface area contributed by atoms with Crippen molar-refractivity contribution in [3.63, 3.8) is 0 Å². The summed E-state index contributed by atoms with van der Waals surface area (Å²) in [5.41, 5.74) is 2.81. The molecule has 0 aliphatic heterocycles. The van der Waals surface area contributed by atoms with E-state index in [1.165, 1.54) is 13.2 Å². The molecule has 0 saturated heterocycles. The first kappa shape index (κ1) is 20.0. The van der Waals surface area contributed by atoms with Gasteiger partial charge in [0.05, 0.1) is 29.4 Å². The van der Waals surface area contributed by atoms with Crippen molar-refractivity contribution >= 4 is 40.8 Å². The lowest BCUT2D eigenvalue weighted by Gasteiger charge is -2.14. The number of pyridine rings is 1. The van der Waals surface area contributed by atoms with Gasteiger partial charge in [0.1, 0.15) is 0 Å². The maximum atomic E-state index is 12.8. The third kappa shape index (κ3) is 3.53. The van der Waals surface area contributed by atoms with Crippen LogP contribution in [0.25, 0.3) is 28.0 Å². The molecule has 0 aliphatic carbocycles. The highest BCUT2D eigenvalue weighted by Gasteiger charge is 2.20. The van der Waals surface area contributed by atoms with Gasteiger partial charge in [-0.15, -0.1) is 0 Å². The molecule has 0 atom stereocenters. The van der Waals surface area contributed by atoms with Gasteiger partial charge in [0.25, 0.3) is 5.56 Å². The molecule has 0 spiro atoms. The molecule has 0 unspecified atom stereocenters. The topological polar surface area (TPSA) is 77.0 Å². The second-order valence-corrected chi connectivity index (χ2v) is 7.51. The first-order valence-electron chi connectivity index (χ1n) is 9.00. The van der Waals surface area contributed by atoms with E-state index in [4.69, 9.17) is 33.5 Å². The molecular formula is C22H16ClN3O3S. The van der Waals surface area contributed by atoms with Gasteiger partial charge < -0.3 is 4.74 Å². The van der Waals surface area contributed by atoms with Crippen LogP contribution in [0, 0.1) is 11.7 Å². The van der Waals surface area contributed by atoms with Crippen LogP contribution in [-0.4, -0.2) is 27.6 Å². The zero-order valence-electron chi connectivity index (χ0n) is 16.1. The molecule has 150 valence electrons. The van der Waals surface area contributed by atoms with E-state index in [9.17, 15) is 9.59 Å². The molecule has 4 aromatic rings. The minimum atomic E-state index is -0.643. The van der Waals surface area contributed by atoms with Crippen molar-refractivity contribution < 1.29 is 9.53 Å². The first-order valence-corrected chi connectivity index (χ1v) is 9.79. The Morgan fingerprint density at radius 3 is 2.57 bits per heavy atom. The molecule has 2 heterocycles. The highest BCUT2D eigenvalue weighted by Crippen LogP contribution is 2.26. The lowest BCUT2D eigenvalue weighted by Crippen LogP contribution is -2.19. The number of carbonyl (C=O) groups is 1. The Hall–Kier alpha value is -3.29. The SMILES string of the molecule is COC(=O)c1cc(-c2ccc(Cl)cc2)nc2c1c(=O)[nH]c(=S)n2-c1cccc(C)c1. The Balaban J connectivity index is 2.16. The molecule has 1 N–H and O–H groups in total. The smallest absolute Gasteiger partial charge is 0.338 e. The number of ether oxygens (including phenoxy) is 1. The second-order valence-electron chi connectivity index (χ2n) is 6.69. The van der Waals surface area contributed by atoms with Crippen LogP contribution in [0.3, 0.4) is 0 Å². The molecule has 0 radical (unpaired) electrons. The molecule has 30 heavy (non-hydrogen) atoms. The van der Waals surface area contributed by atoms with E-state index in [0.29, 0.717) is 10.7 Å². The number of aryl methyl sites for hydroxylation is 1. The van der Waals surface area contributed by atoms with E-state index in [1.807, 2.05) is 31.2 Å². The maximum Gasteiger partial charge on any atom is 0.338 e. The van der Waals surface area contributed by atoms with Gasteiger partial charge in [-0.05, 0) is 55.0 Å². The number of aromatic nitrogens is 3. The van der Waals surface area contributed by atoms with Crippen molar-refractivity contribution in [1.29, 1.82) is 0 Å². The van der Waals surface area contributed by atoms with Crippen LogP contribution in [0.5, 0.6) is 0 Å². The van der Waals surface area contributed by atoms with E-state index >= 15 is 0 Å². The van der Waals surface area contributed by atoms with Gasteiger partial charge in [0.15, 0.2) is 10.4 Å². The Kier molecular flexibility index (Phi) is 5.24. The number of benzene rings is 2. The van der Waals surface area contributed by atoms with E-state index in [1.54, 1.807) is 28.8 Å². The quantitative estimate of drug-likeness (QED) is 0.366. The summed E-state index contributed by atoms with van der Waals surface area (Å²) < 4.78 is 6.75. The lowest BCUT2D eigenvalue weighted by atomic mass is 10.1. The highest BCUT2D eigenvalue weighted by molar-refractivity contribution is 7.71. The third-order valence-corrected chi connectivity index (χ3v) is 5.20. The molecule has 0 aliphatic rings. The minimum Gasteiger partial charge on any atom is -0.465 e. The largest absolute Gasteiger partial charge is 0.465 e. The minimum absolute atomic E-state index is 0.102. The van der Waals surface area contributed by atoms with Crippen molar-refractivity contribution in [2.75, 3.05) is 7.11 Å². The summed E-state index contributed by atoms with van der Waals surface area (Å²) in [4.78, 5) is 32.7. The van der Waals surface area contributed by atoms with Crippen LogP contribution in [0.1, 0.15) is 15.9 Å². The van der Waals surface area contributed by atoms with Gasteiger partial charge in [0.2, 0.25) is 0 Å². The van der Waals surface area contributed by atoms with Crippen LogP contribution >= 0.6 is 23.8 Å². The Morgan fingerprint density at radius 1 is 1.17 bits per heavy atom. The molecule has 4 rings (SSSR count). The standard InChI is InChI=1S/C22H16ClN3O3S/c1-12-4-3-5-15(10-12)26-19-18(20(27)25-22(26)30)16(21(28)29-2)11-17(24-19)13-6-8-14(23)9-7-13/h3-11H,1-2H3,(H,25,27,30). The zero-order chi connectivity index (χ0) is 21.4. The van der Waals surface area contributed by atoms with Gasteiger partial charge in [-0.2, -0.15) is 0 Å². The number of nitrogens with one attached hydrogen (secondary N) is 1. The number of esters is 1. The van der Waals surface area contributed by atoms with Crippen molar-refractivity contribution in [2.45, 2.75) is 6.92 Å². The molecule has 0 saturated carbocycles. The zero-order valence-corrected chi connectivity index (χ0v) is 17.7. The number of hydrogen-bond acceptors (Lipinski definition) is 5. The number of nitrogens with zero attached hydrogens (tertiary/aromatic N) is 2. The number of carbonyl (C=O) groups excluding carboxylic acids is 1. The summed E-state index contributed by atoms with van der Waals surface area (Å²) in [6, 6.07) is 16.2. The molecular weight excluding hydrogens is 422 g/mol.